The summed E-state index contributed by atoms with van der Waals surface area (Å²) >= 11 is 18.9. The van der Waals surface area contributed by atoms with Crippen LogP contribution in [0.2, 0.25) is 10.0 Å². The van der Waals surface area contributed by atoms with Crippen LogP contribution in [-0.2, 0) is 0 Å². The molecule has 2 unspecified atom stereocenters. The second kappa shape index (κ2) is 4.32. The number of hydrogen-bond acceptors (Lipinski definition) is 0. The third kappa shape index (κ3) is 2.29. The Bertz CT molecular complexity index is 352. The van der Waals surface area contributed by atoms with Crippen molar-refractivity contribution < 1.29 is 0 Å². The van der Waals surface area contributed by atoms with Crippen molar-refractivity contribution in [1.29, 1.82) is 0 Å². The average molecular weight is 359 g/mol. The van der Waals surface area contributed by atoms with Gasteiger partial charge in [0.15, 0.2) is 0 Å². The fraction of sp³-hybridized carbons (Fsp3) is 0.400. The maximum absolute atomic E-state index is 5.96. The summed E-state index contributed by atoms with van der Waals surface area (Å²) in [5.74, 6) is 1.29. The predicted molar refractivity (Wildman–Crippen MR) is 69.0 cm³/mol. The quantitative estimate of drug-likeness (QED) is 0.636. The van der Waals surface area contributed by atoms with Gasteiger partial charge in [-0.25, -0.2) is 0 Å². The van der Waals surface area contributed by atoms with Gasteiger partial charge < -0.3 is 0 Å². The highest BCUT2D eigenvalue weighted by molar-refractivity contribution is 9.24. The number of benzene rings is 1. The highest BCUT2D eigenvalue weighted by atomic mass is 79.9. The monoisotopic (exact) mass is 356 g/mol. The van der Waals surface area contributed by atoms with Crippen molar-refractivity contribution in [2.75, 3.05) is 0 Å². The zero-order valence-corrected chi connectivity index (χ0v) is 11.9. The molecule has 2 rings (SSSR count). The Balaban J connectivity index is 2.16. The van der Waals surface area contributed by atoms with E-state index in [0.717, 1.165) is 0 Å². The third-order valence-electron chi connectivity index (χ3n) is 2.54. The summed E-state index contributed by atoms with van der Waals surface area (Å²) in [4.78, 5) is 0. The molecule has 1 aliphatic carbocycles. The average Bonchev–Trinajstić information content (AvgIpc) is 2.89. The van der Waals surface area contributed by atoms with Crippen molar-refractivity contribution in [3.63, 3.8) is 0 Å². The van der Waals surface area contributed by atoms with E-state index in [1.807, 2.05) is 12.1 Å². The van der Waals surface area contributed by atoms with Crippen LogP contribution in [0, 0.1) is 5.92 Å². The fourth-order valence-corrected chi connectivity index (χ4v) is 3.09. The first kappa shape index (κ1) is 11.3. The molecule has 0 saturated heterocycles. The number of alkyl halides is 2. The van der Waals surface area contributed by atoms with E-state index in [9.17, 15) is 0 Å². The minimum absolute atomic E-state index is 0.398. The van der Waals surface area contributed by atoms with E-state index in [4.69, 9.17) is 23.2 Å². The molecular formula is C10H8Br2Cl2. The van der Waals surface area contributed by atoms with Gasteiger partial charge >= 0.3 is 0 Å². The molecule has 0 bridgehead atoms. The minimum Gasteiger partial charge on any atom is -0.0827 e. The Morgan fingerprint density at radius 3 is 2.43 bits per heavy atom. The molecule has 1 fully saturated rings. The standard InChI is InChI=1S/C10H8Br2Cl2/c11-10(12)7-4-6(7)5-1-2-8(13)9(14)3-5/h1-3,6-7,10H,4H2. The lowest BCUT2D eigenvalue weighted by atomic mass is 10.1. The lowest BCUT2D eigenvalue weighted by Crippen LogP contribution is -1.91. The Morgan fingerprint density at radius 2 is 1.93 bits per heavy atom. The maximum atomic E-state index is 5.96. The summed E-state index contributed by atoms with van der Waals surface area (Å²) < 4.78 is 0.398. The summed E-state index contributed by atoms with van der Waals surface area (Å²) in [5, 5.41) is 1.28. The van der Waals surface area contributed by atoms with Gasteiger partial charge in [0, 0.05) is 0 Å². The van der Waals surface area contributed by atoms with Crippen LogP contribution >= 0.6 is 55.1 Å². The van der Waals surface area contributed by atoms with Crippen molar-refractivity contribution >= 4 is 55.1 Å². The molecule has 0 nitrogen and oxygen atoms in total. The Kier molecular flexibility index (Phi) is 3.48. The van der Waals surface area contributed by atoms with Gasteiger partial charge in [0.2, 0.25) is 0 Å². The van der Waals surface area contributed by atoms with Gasteiger partial charge in [0.05, 0.1) is 13.8 Å². The zero-order valence-electron chi connectivity index (χ0n) is 7.18. The molecule has 0 aromatic heterocycles. The van der Waals surface area contributed by atoms with Crippen molar-refractivity contribution in [1.82, 2.24) is 0 Å². The molecule has 76 valence electrons. The van der Waals surface area contributed by atoms with E-state index >= 15 is 0 Å². The van der Waals surface area contributed by atoms with Crippen LogP contribution in [0.25, 0.3) is 0 Å². The van der Waals surface area contributed by atoms with Gasteiger partial charge in [0.1, 0.15) is 0 Å². The summed E-state index contributed by atoms with van der Waals surface area (Å²) in [6.07, 6.45) is 1.21. The van der Waals surface area contributed by atoms with Gasteiger partial charge in [-0.05, 0) is 36.0 Å². The molecular weight excluding hydrogens is 351 g/mol. The molecule has 14 heavy (non-hydrogen) atoms. The second-order valence-corrected chi connectivity index (χ2v) is 7.53. The summed E-state index contributed by atoms with van der Waals surface area (Å²) in [6, 6.07) is 5.89. The van der Waals surface area contributed by atoms with Crippen LogP contribution in [-0.4, -0.2) is 3.74 Å². The predicted octanol–water partition coefficient (Wildman–Crippen LogP) is 5.21. The van der Waals surface area contributed by atoms with Crippen molar-refractivity contribution in [2.45, 2.75) is 16.1 Å². The molecule has 1 aliphatic rings. The molecule has 0 amide bonds. The van der Waals surface area contributed by atoms with Crippen molar-refractivity contribution in [3.05, 3.63) is 33.8 Å². The van der Waals surface area contributed by atoms with Crippen LogP contribution in [0.1, 0.15) is 17.9 Å². The van der Waals surface area contributed by atoms with Gasteiger partial charge in [-0.1, -0.05) is 61.1 Å². The molecule has 1 aromatic carbocycles. The van der Waals surface area contributed by atoms with Crippen molar-refractivity contribution in [3.8, 4) is 0 Å². The normalized spacial score (nSPS) is 25.5. The van der Waals surface area contributed by atoms with Gasteiger partial charge in [0.25, 0.3) is 0 Å². The van der Waals surface area contributed by atoms with E-state index in [0.29, 0.717) is 25.6 Å². The summed E-state index contributed by atoms with van der Waals surface area (Å²) in [5.41, 5.74) is 1.29. The molecule has 0 heterocycles. The van der Waals surface area contributed by atoms with Gasteiger partial charge in [-0.15, -0.1) is 0 Å². The fourth-order valence-electron chi connectivity index (χ4n) is 1.62. The molecule has 0 radical (unpaired) electrons. The number of rotatable bonds is 2. The zero-order chi connectivity index (χ0) is 10.3. The third-order valence-corrected chi connectivity index (χ3v) is 4.63. The van der Waals surface area contributed by atoms with Gasteiger partial charge in [-0.2, -0.15) is 0 Å². The van der Waals surface area contributed by atoms with E-state index in [2.05, 4.69) is 37.9 Å². The first-order valence-corrected chi connectivity index (χ1v) is 6.91. The van der Waals surface area contributed by atoms with Gasteiger partial charge in [-0.3, -0.25) is 0 Å². The minimum atomic E-state index is 0.398. The van der Waals surface area contributed by atoms with E-state index in [-0.39, 0.29) is 0 Å². The number of hydrogen-bond donors (Lipinski definition) is 0. The molecule has 0 spiro atoms. The number of halogens is 4. The highest BCUT2D eigenvalue weighted by Gasteiger charge is 2.42. The highest BCUT2D eigenvalue weighted by Crippen LogP contribution is 2.53. The smallest absolute Gasteiger partial charge is 0.0732 e. The molecule has 0 N–H and O–H groups in total. The first-order chi connectivity index (χ1) is 6.59. The Labute approximate surface area is 110 Å². The lowest BCUT2D eigenvalue weighted by molar-refractivity contribution is 0.911. The van der Waals surface area contributed by atoms with Crippen LogP contribution < -0.4 is 0 Å². The Morgan fingerprint density at radius 1 is 1.21 bits per heavy atom. The SMILES string of the molecule is Clc1ccc(C2CC2C(Br)Br)cc1Cl. The van der Waals surface area contributed by atoms with E-state index < -0.39 is 0 Å². The van der Waals surface area contributed by atoms with Crippen LogP contribution in [0.5, 0.6) is 0 Å². The second-order valence-electron chi connectivity index (χ2n) is 3.51. The van der Waals surface area contributed by atoms with E-state index in [1.165, 1.54) is 12.0 Å². The van der Waals surface area contributed by atoms with E-state index in [1.54, 1.807) is 0 Å². The van der Waals surface area contributed by atoms with Crippen LogP contribution in [0.3, 0.4) is 0 Å². The molecule has 4 heteroatoms. The van der Waals surface area contributed by atoms with Crippen LogP contribution in [0.15, 0.2) is 18.2 Å². The molecule has 1 saturated carbocycles. The largest absolute Gasteiger partial charge is 0.0827 e. The molecule has 2 atom stereocenters. The van der Waals surface area contributed by atoms with Crippen molar-refractivity contribution in [2.24, 2.45) is 5.92 Å². The summed E-state index contributed by atoms with van der Waals surface area (Å²) in [7, 11) is 0. The lowest BCUT2D eigenvalue weighted by Gasteiger charge is -2.03. The summed E-state index contributed by atoms with van der Waals surface area (Å²) in [6.45, 7) is 0. The Hall–Kier alpha value is 0.760. The molecule has 0 aliphatic heterocycles. The molecule has 1 aromatic rings. The topological polar surface area (TPSA) is 0 Å². The van der Waals surface area contributed by atoms with Crippen LogP contribution in [0.4, 0.5) is 0 Å². The maximum Gasteiger partial charge on any atom is 0.0732 e. The first-order valence-electron chi connectivity index (χ1n) is 4.32.